The van der Waals surface area contributed by atoms with Crippen LogP contribution in [-0.2, 0) is 0 Å². The van der Waals surface area contributed by atoms with Gasteiger partial charge in [-0.25, -0.2) is 4.98 Å². The molecule has 0 atom stereocenters. The number of aromatic hydroxyl groups is 1. The number of anilines is 1. The second-order valence-electron chi connectivity index (χ2n) is 6.15. The number of benzene rings is 3. The molecule has 6 nitrogen and oxygen atoms in total. The molecule has 146 valence electrons. The highest BCUT2D eigenvalue weighted by atomic mass is 35.5. The van der Waals surface area contributed by atoms with E-state index in [2.05, 4.69) is 10.3 Å². The summed E-state index contributed by atoms with van der Waals surface area (Å²) in [5, 5.41) is 13.5. The molecule has 4 rings (SSSR count). The second kappa shape index (κ2) is 7.66. The molecule has 2 N–H and O–H groups in total. The van der Waals surface area contributed by atoms with Crippen LogP contribution >= 0.6 is 23.2 Å². The van der Waals surface area contributed by atoms with Crippen LogP contribution in [0.4, 0.5) is 5.69 Å². The first-order valence-corrected chi connectivity index (χ1v) is 9.25. The Morgan fingerprint density at radius 1 is 1.10 bits per heavy atom. The van der Waals surface area contributed by atoms with Crippen molar-refractivity contribution in [1.82, 2.24) is 4.98 Å². The van der Waals surface area contributed by atoms with Gasteiger partial charge in [0, 0.05) is 17.3 Å². The van der Waals surface area contributed by atoms with Crippen LogP contribution in [0.3, 0.4) is 0 Å². The first kappa shape index (κ1) is 19.1. The topological polar surface area (TPSA) is 84.6 Å². The lowest BCUT2D eigenvalue weighted by Gasteiger charge is -2.10. The summed E-state index contributed by atoms with van der Waals surface area (Å²) in [4.78, 5) is 16.9. The summed E-state index contributed by atoms with van der Waals surface area (Å²) in [6, 6.07) is 14.9. The number of hydrogen-bond donors (Lipinski definition) is 2. The molecule has 0 bridgehead atoms. The van der Waals surface area contributed by atoms with Gasteiger partial charge in [-0.15, -0.1) is 0 Å². The summed E-state index contributed by atoms with van der Waals surface area (Å²) in [6.45, 7) is 0. The van der Waals surface area contributed by atoms with Crippen molar-refractivity contribution < 1.29 is 19.1 Å². The van der Waals surface area contributed by atoms with Gasteiger partial charge < -0.3 is 19.6 Å². The third-order valence-corrected chi connectivity index (χ3v) is 4.81. The number of nitrogens with one attached hydrogen (secondary N) is 1. The fraction of sp³-hybridized carbons (Fsp3) is 0.0476. The van der Waals surface area contributed by atoms with E-state index in [1.54, 1.807) is 18.2 Å². The molecule has 1 heterocycles. The molecule has 3 aromatic carbocycles. The molecule has 0 saturated heterocycles. The van der Waals surface area contributed by atoms with Crippen molar-refractivity contribution in [2.45, 2.75) is 0 Å². The zero-order valence-corrected chi connectivity index (χ0v) is 16.6. The van der Waals surface area contributed by atoms with Crippen LogP contribution < -0.4 is 10.1 Å². The molecule has 0 aliphatic rings. The molecule has 0 aliphatic carbocycles. The van der Waals surface area contributed by atoms with Gasteiger partial charge in [-0.1, -0.05) is 35.3 Å². The van der Waals surface area contributed by atoms with Crippen molar-refractivity contribution in [2.24, 2.45) is 0 Å². The Kier molecular flexibility index (Phi) is 5.05. The number of phenols is 1. The normalized spacial score (nSPS) is 10.9. The maximum atomic E-state index is 12.5. The van der Waals surface area contributed by atoms with E-state index in [1.165, 1.54) is 25.3 Å². The fourth-order valence-corrected chi connectivity index (χ4v) is 3.51. The average molecular weight is 429 g/mol. The van der Waals surface area contributed by atoms with Gasteiger partial charge in [0.15, 0.2) is 11.3 Å². The number of carbonyl (C=O) groups excluding carboxylic acids is 1. The third kappa shape index (κ3) is 3.72. The summed E-state index contributed by atoms with van der Waals surface area (Å²) in [5.41, 5.74) is 2.36. The van der Waals surface area contributed by atoms with E-state index in [4.69, 9.17) is 32.4 Å². The van der Waals surface area contributed by atoms with Gasteiger partial charge in [-0.05, 0) is 36.4 Å². The summed E-state index contributed by atoms with van der Waals surface area (Å²) in [5.74, 6) is 0.0612. The fourth-order valence-electron chi connectivity index (χ4n) is 2.87. The number of phenolic OH excluding ortho intramolecular Hbond substituents is 1. The van der Waals surface area contributed by atoms with Crippen LogP contribution in [0.1, 0.15) is 10.4 Å². The van der Waals surface area contributed by atoms with E-state index in [0.29, 0.717) is 28.1 Å². The number of halogens is 2. The van der Waals surface area contributed by atoms with E-state index in [9.17, 15) is 9.90 Å². The number of rotatable bonds is 4. The lowest BCUT2D eigenvalue weighted by Crippen LogP contribution is -2.12. The zero-order chi connectivity index (χ0) is 20.5. The van der Waals surface area contributed by atoms with Gasteiger partial charge in [0.1, 0.15) is 11.3 Å². The summed E-state index contributed by atoms with van der Waals surface area (Å²) >= 11 is 12.2. The van der Waals surface area contributed by atoms with Crippen molar-refractivity contribution in [3.63, 3.8) is 0 Å². The molecule has 0 unspecified atom stereocenters. The number of oxazole rings is 1. The number of methoxy groups -OCH3 is 1. The van der Waals surface area contributed by atoms with Crippen LogP contribution in [0.2, 0.25) is 10.0 Å². The molecule has 29 heavy (non-hydrogen) atoms. The Labute approximate surface area is 175 Å². The molecule has 0 radical (unpaired) electrons. The van der Waals surface area contributed by atoms with Crippen LogP contribution in [0.5, 0.6) is 11.5 Å². The van der Waals surface area contributed by atoms with Crippen LogP contribution in [0.25, 0.3) is 22.6 Å². The Morgan fingerprint density at radius 3 is 2.48 bits per heavy atom. The van der Waals surface area contributed by atoms with Gasteiger partial charge in [-0.2, -0.15) is 0 Å². The standard InChI is InChI=1S/C21H14Cl2N2O4/c1-28-19-14(22)8-11(9-15(19)23)20(27)24-12-6-7-13(17(26)10-12)21-25-16-4-2-3-5-18(16)29-21/h2-10,26H,1H3,(H,24,27). The minimum Gasteiger partial charge on any atom is -0.507 e. The van der Waals surface area contributed by atoms with Crippen molar-refractivity contribution in [2.75, 3.05) is 12.4 Å². The van der Waals surface area contributed by atoms with E-state index in [1.807, 2.05) is 18.2 Å². The molecule has 0 saturated carbocycles. The predicted octanol–water partition coefficient (Wildman–Crippen LogP) is 5.77. The van der Waals surface area contributed by atoms with Crippen molar-refractivity contribution >= 4 is 45.9 Å². The molecule has 0 spiro atoms. The predicted molar refractivity (Wildman–Crippen MR) is 112 cm³/mol. The lowest BCUT2D eigenvalue weighted by molar-refractivity contribution is 0.102. The van der Waals surface area contributed by atoms with Gasteiger partial charge in [0.05, 0.1) is 22.7 Å². The summed E-state index contributed by atoms with van der Waals surface area (Å²) < 4.78 is 10.8. The number of para-hydroxylation sites is 2. The third-order valence-electron chi connectivity index (χ3n) is 4.24. The first-order valence-electron chi connectivity index (χ1n) is 8.49. The summed E-state index contributed by atoms with van der Waals surface area (Å²) in [6.07, 6.45) is 0. The molecule has 0 fully saturated rings. The van der Waals surface area contributed by atoms with Crippen molar-refractivity contribution in [1.29, 1.82) is 0 Å². The Hall–Kier alpha value is -3.22. The molecular formula is C21H14Cl2N2O4. The highest BCUT2D eigenvalue weighted by molar-refractivity contribution is 6.37. The van der Waals surface area contributed by atoms with E-state index < -0.39 is 5.91 Å². The number of hydrogen-bond acceptors (Lipinski definition) is 5. The SMILES string of the molecule is COc1c(Cl)cc(C(=O)Nc2ccc(-c3nc4ccccc4o3)c(O)c2)cc1Cl. The number of nitrogens with zero attached hydrogens (tertiary/aromatic N) is 1. The van der Waals surface area contributed by atoms with Gasteiger partial charge in [0.2, 0.25) is 5.89 Å². The Morgan fingerprint density at radius 2 is 1.83 bits per heavy atom. The van der Waals surface area contributed by atoms with Crippen LogP contribution in [0.15, 0.2) is 59.0 Å². The van der Waals surface area contributed by atoms with Crippen LogP contribution in [-0.4, -0.2) is 23.1 Å². The number of carbonyl (C=O) groups is 1. The lowest BCUT2D eigenvalue weighted by atomic mass is 10.1. The van der Waals surface area contributed by atoms with Gasteiger partial charge in [-0.3, -0.25) is 4.79 Å². The Bertz CT molecular complexity index is 1180. The number of aromatic nitrogens is 1. The molecule has 4 aromatic rings. The Balaban J connectivity index is 1.59. The second-order valence-corrected chi connectivity index (χ2v) is 6.96. The first-order chi connectivity index (χ1) is 14.0. The number of amides is 1. The quantitative estimate of drug-likeness (QED) is 0.430. The van der Waals surface area contributed by atoms with E-state index >= 15 is 0 Å². The van der Waals surface area contributed by atoms with Gasteiger partial charge >= 0.3 is 0 Å². The molecule has 1 aromatic heterocycles. The van der Waals surface area contributed by atoms with Crippen LogP contribution in [0, 0.1) is 0 Å². The molecule has 0 aliphatic heterocycles. The minimum absolute atomic E-state index is 0.0832. The zero-order valence-electron chi connectivity index (χ0n) is 15.1. The largest absolute Gasteiger partial charge is 0.507 e. The monoisotopic (exact) mass is 428 g/mol. The molecule has 8 heteroatoms. The molecule has 1 amide bonds. The summed E-state index contributed by atoms with van der Waals surface area (Å²) in [7, 11) is 1.44. The minimum atomic E-state index is -0.439. The van der Waals surface area contributed by atoms with E-state index in [0.717, 1.165) is 0 Å². The highest BCUT2D eigenvalue weighted by Crippen LogP contribution is 2.35. The number of ether oxygens (including phenoxy) is 1. The van der Waals surface area contributed by atoms with Crippen molar-refractivity contribution in [3.05, 3.63) is 70.2 Å². The van der Waals surface area contributed by atoms with E-state index in [-0.39, 0.29) is 27.2 Å². The number of fused-ring (bicyclic) bond motifs is 1. The average Bonchev–Trinajstić information content (AvgIpc) is 3.11. The highest BCUT2D eigenvalue weighted by Gasteiger charge is 2.16. The molecular weight excluding hydrogens is 415 g/mol. The smallest absolute Gasteiger partial charge is 0.255 e. The maximum absolute atomic E-state index is 12.5. The maximum Gasteiger partial charge on any atom is 0.255 e. The van der Waals surface area contributed by atoms with Gasteiger partial charge in [0.25, 0.3) is 5.91 Å². The van der Waals surface area contributed by atoms with Crippen molar-refractivity contribution in [3.8, 4) is 23.0 Å².